The first-order valence-corrected chi connectivity index (χ1v) is 6.97. The van der Waals surface area contributed by atoms with E-state index in [2.05, 4.69) is 0 Å². The average Bonchev–Trinajstić information content (AvgIpc) is 2.37. The first-order valence-electron chi connectivity index (χ1n) is 5.36. The third-order valence-electron chi connectivity index (χ3n) is 2.64. The minimum absolute atomic E-state index is 0.0943. The SMILES string of the molecule is COP(=O)(OC)[C@H](N)Cc1ccc(C(F)(F)F)cc1. The number of hydrogen-bond acceptors (Lipinski definition) is 4. The van der Waals surface area contributed by atoms with Crippen molar-refractivity contribution in [2.75, 3.05) is 14.2 Å². The summed E-state index contributed by atoms with van der Waals surface area (Å²) in [6, 6.07) is 4.48. The molecule has 0 amide bonds. The van der Waals surface area contributed by atoms with Crippen molar-refractivity contribution in [3.8, 4) is 0 Å². The van der Waals surface area contributed by atoms with Gasteiger partial charge in [-0.3, -0.25) is 4.57 Å². The number of nitrogens with two attached hydrogens (primary N) is 1. The molecule has 0 heterocycles. The molecule has 0 fully saturated rings. The highest BCUT2D eigenvalue weighted by molar-refractivity contribution is 7.54. The largest absolute Gasteiger partial charge is 0.416 e. The third-order valence-corrected chi connectivity index (χ3v) is 4.65. The molecular weight excluding hydrogens is 282 g/mol. The third kappa shape index (κ3) is 4.04. The van der Waals surface area contributed by atoms with Crippen molar-refractivity contribution >= 4 is 7.60 Å². The highest BCUT2D eigenvalue weighted by Crippen LogP contribution is 2.50. The van der Waals surface area contributed by atoms with Crippen LogP contribution in [0, 0.1) is 0 Å². The van der Waals surface area contributed by atoms with Gasteiger partial charge in [0.25, 0.3) is 0 Å². The predicted octanol–water partition coefficient (Wildman–Crippen LogP) is 3.02. The van der Waals surface area contributed by atoms with Crippen molar-refractivity contribution < 1.29 is 26.8 Å². The second-order valence-corrected chi connectivity index (χ2v) is 6.34. The number of benzene rings is 1. The van der Waals surface area contributed by atoms with Gasteiger partial charge < -0.3 is 14.8 Å². The van der Waals surface area contributed by atoms with Gasteiger partial charge in [-0.15, -0.1) is 0 Å². The maximum atomic E-state index is 12.4. The smallest absolute Gasteiger partial charge is 0.317 e. The molecule has 1 rings (SSSR count). The zero-order valence-electron chi connectivity index (χ0n) is 10.5. The van der Waals surface area contributed by atoms with Crippen molar-refractivity contribution in [2.24, 2.45) is 5.73 Å². The van der Waals surface area contributed by atoms with Gasteiger partial charge in [0.05, 0.1) is 5.56 Å². The number of halogens is 3. The zero-order chi connectivity index (χ0) is 14.7. The summed E-state index contributed by atoms with van der Waals surface area (Å²) >= 11 is 0. The summed E-state index contributed by atoms with van der Waals surface area (Å²) in [5, 5.41) is 0. The topological polar surface area (TPSA) is 61.5 Å². The van der Waals surface area contributed by atoms with E-state index in [1.807, 2.05) is 0 Å². The van der Waals surface area contributed by atoms with Crippen molar-refractivity contribution in [3.05, 3.63) is 35.4 Å². The molecule has 0 bridgehead atoms. The van der Waals surface area contributed by atoms with Crippen LogP contribution in [-0.4, -0.2) is 20.0 Å². The fourth-order valence-corrected chi connectivity index (χ4v) is 2.65. The van der Waals surface area contributed by atoms with E-state index in [1.165, 1.54) is 26.4 Å². The lowest BCUT2D eigenvalue weighted by Crippen LogP contribution is -2.24. The van der Waals surface area contributed by atoms with E-state index in [1.54, 1.807) is 0 Å². The van der Waals surface area contributed by atoms with Gasteiger partial charge in [0.1, 0.15) is 5.78 Å². The zero-order valence-corrected chi connectivity index (χ0v) is 11.4. The molecular formula is C11H15F3NO3P. The second kappa shape index (κ2) is 6.05. The van der Waals surface area contributed by atoms with Gasteiger partial charge in [0.2, 0.25) is 0 Å². The summed E-state index contributed by atoms with van der Waals surface area (Å²) in [4.78, 5) is 0. The van der Waals surface area contributed by atoms with Crippen LogP contribution in [-0.2, 0) is 26.2 Å². The molecule has 1 aromatic carbocycles. The Hall–Kier alpha value is -0.880. The van der Waals surface area contributed by atoms with Gasteiger partial charge >= 0.3 is 13.8 Å². The molecule has 8 heteroatoms. The Morgan fingerprint density at radius 1 is 1.21 bits per heavy atom. The van der Waals surface area contributed by atoms with Crippen LogP contribution in [0.25, 0.3) is 0 Å². The van der Waals surface area contributed by atoms with E-state index >= 15 is 0 Å². The van der Waals surface area contributed by atoms with Crippen LogP contribution in [0.1, 0.15) is 11.1 Å². The van der Waals surface area contributed by atoms with Crippen LogP contribution in [0.2, 0.25) is 0 Å². The van der Waals surface area contributed by atoms with E-state index < -0.39 is 25.1 Å². The summed E-state index contributed by atoms with van der Waals surface area (Å²) in [6.07, 6.45) is -4.29. The van der Waals surface area contributed by atoms with Crippen LogP contribution >= 0.6 is 7.60 Å². The minimum Gasteiger partial charge on any atom is -0.317 e. The Morgan fingerprint density at radius 3 is 2.05 bits per heavy atom. The number of hydrogen-bond donors (Lipinski definition) is 1. The van der Waals surface area contributed by atoms with E-state index in [0.717, 1.165) is 12.1 Å². The molecule has 1 aromatic rings. The van der Waals surface area contributed by atoms with E-state index in [-0.39, 0.29) is 6.42 Å². The monoisotopic (exact) mass is 297 g/mol. The van der Waals surface area contributed by atoms with Crippen LogP contribution in [0.5, 0.6) is 0 Å². The Balaban J connectivity index is 2.82. The first kappa shape index (κ1) is 16.2. The minimum atomic E-state index is -4.38. The average molecular weight is 297 g/mol. The lowest BCUT2D eigenvalue weighted by atomic mass is 10.1. The molecule has 0 spiro atoms. The molecule has 0 aromatic heterocycles. The van der Waals surface area contributed by atoms with Crippen molar-refractivity contribution in [2.45, 2.75) is 18.4 Å². The van der Waals surface area contributed by atoms with Gasteiger partial charge in [-0.05, 0) is 24.1 Å². The summed E-state index contributed by atoms with van der Waals surface area (Å²) in [5.41, 5.74) is 5.47. The molecule has 0 radical (unpaired) electrons. The molecule has 0 aliphatic carbocycles. The lowest BCUT2D eigenvalue weighted by molar-refractivity contribution is -0.137. The van der Waals surface area contributed by atoms with Crippen LogP contribution < -0.4 is 5.73 Å². The standard InChI is InChI=1S/C11H15F3NO3P/c1-17-19(16,18-2)10(15)7-8-3-5-9(6-4-8)11(12,13)14/h3-6,10H,7,15H2,1-2H3/t10-/m0/s1. The van der Waals surface area contributed by atoms with Crippen molar-refractivity contribution in [3.63, 3.8) is 0 Å². The van der Waals surface area contributed by atoms with Gasteiger partial charge in [-0.1, -0.05) is 12.1 Å². The van der Waals surface area contributed by atoms with Crippen LogP contribution in [0.4, 0.5) is 13.2 Å². The summed E-state index contributed by atoms with van der Waals surface area (Å²) < 4.78 is 58.5. The van der Waals surface area contributed by atoms with Crippen LogP contribution in [0.15, 0.2) is 24.3 Å². The van der Waals surface area contributed by atoms with Gasteiger partial charge in [0, 0.05) is 14.2 Å². The van der Waals surface area contributed by atoms with Gasteiger partial charge in [0.15, 0.2) is 0 Å². The fraction of sp³-hybridized carbons (Fsp3) is 0.455. The van der Waals surface area contributed by atoms with E-state index in [9.17, 15) is 17.7 Å². The molecule has 0 saturated heterocycles. The molecule has 0 saturated carbocycles. The Bertz CT molecular complexity index is 453. The summed E-state index contributed by atoms with van der Waals surface area (Å²) in [6.45, 7) is 0. The Labute approximate surface area is 109 Å². The highest BCUT2D eigenvalue weighted by atomic mass is 31.2. The summed E-state index contributed by atoms with van der Waals surface area (Å²) in [5.74, 6) is -0.931. The quantitative estimate of drug-likeness (QED) is 0.849. The molecule has 108 valence electrons. The summed E-state index contributed by atoms with van der Waals surface area (Å²) in [7, 11) is -1.02. The first-order chi connectivity index (χ1) is 8.73. The fourth-order valence-electron chi connectivity index (χ4n) is 1.53. The molecule has 1 atom stereocenters. The normalized spacial score (nSPS) is 14.4. The number of alkyl halides is 3. The second-order valence-electron chi connectivity index (χ2n) is 3.87. The molecule has 0 aliphatic rings. The van der Waals surface area contributed by atoms with E-state index in [0.29, 0.717) is 5.56 Å². The molecule has 0 unspecified atom stereocenters. The molecule has 2 N–H and O–H groups in total. The van der Waals surface area contributed by atoms with Crippen LogP contribution in [0.3, 0.4) is 0 Å². The van der Waals surface area contributed by atoms with E-state index in [4.69, 9.17) is 14.8 Å². The number of rotatable bonds is 5. The highest BCUT2D eigenvalue weighted by Gasteiger charge is 2.32. The Kier molecular flexibility index (Phi) is 5.15. The Morgan fingerprint density at radius 2 is 1.68 bits per heavy atom. The predicted molar refractivity (Wildman–Crippen MR) is 64.7 cm³/mol. The maximum absolute atomic E-state index is 12.4. The molecule has 19 heavy (non-hydrogen) atoms. The lowest BCUT2D eigenvalue weighted by Gasteiger charge is -2.20. The van der Waals surface area contributed by atoms with Gasteiger partial charge in [-0.25, -0.2) is 0 Å². The van der Waals surface area contributed by atoms with Gasteiger partial charge in [-0.2, -0.15) is 13.2 Å². The van der Waals surface area contributed by atoms with Crippen molar-refractivity contribution in [1.29, 1.82) is 0 Å². The maximum Gasteiger partial charge on any atom is 0.416 e. The molecule has 4 nitrogen and oxygen atoms in total. The molecule has 0 aliphatic heterocycles. The van der Waals surface area contributed by atoms with Crippen molar-refractivity contribution in [1.82, 2.24) is 0 Å².